The predicted octanol–water partition coefficient (Wildman–Crippen LogP) is 1.38. The minimum absolute atomic E-state index is 0.147. The van der Waals surface area contributed by atoms with Gasteiger partial charge >= 0.3 is 5.97 Å². The van der Waals surface area contributed by atoms with Gasteiger partial charge in [-0.25, -0.2) is 0 Å². The molecule has 0 aromatic rings. The lowest BCUT2D eigenvalue weighted by Gasteiger charge is -2.24. The van der Waals surface area contributed by atoms with Crippen molar-refractivity contribution in [3.05, 3.63) is 0 Å². The maximum atomic E-state index is 11.3. The summed E-state index contributed by atoms with van der Waals surface area (Å²) in [5, 5.41) is 0. The molecular weight excluding hydrogens is 206 g/mol. The molecule has 1 heterocycles. The van der Waals surface area contributed by atoms with E-state index in [-0.39, 0.29) is 11.8 Å². The first-order valence-corrected chi connectivity index (χ1v) is 6.12. The van der Waals surface area contributed by atoms with Crippen LogP contribution in [0.5, 0.6) is 0 Å². The van der Waals surface area contributed by atoms with Crippen molar-refractivity contribution in [2.75, 3.05) is 26.2 Å². The Balaban J connectivity index is 2.08. The van der Waals surface area contributed by atoms with Gasteiger partial charge in [-0.2, -0.15) is 0 Å². The number of likely N-dealkylation sites (tertiary alicyclic amines) is 1. The van der Waals surface area contributed by atoms with Gasteiger partial charge < -0.3 is 4.74 Å². The van der Waals surface area contributed by atoms with Crippen molar-refractivity contribution in [1.29, 1.82) is 0 Å². The van der Waals surface area contributed by atoms with Crippen LogP contribution in [0.4, 0.5) is 0 Å². The van der Waals surface area contributed by atoms with Crippen molar-refractivity contribution in [2.45, 2.75) is 39.0 Å². The summed E-state index contributed by atoms with van der Waals surface area (Å²) in [7, 11) is 0. The molecule has 16 heavy (non-hydrogen) atoms. The van der Waals surface area contributed by atoms with E-state index in [2.05, 4.69) is 6.92 Å². The molecule has 0 radical (unpaired) electrons. The Labute approximate surface area is 96.9 Å². The second-order valence-electron chi connectivity index (χ2n) is 4.24. The highest BCUT2D eigenvalue weighted by atomic mass is 16.5. The lowest BCUT2D eigenvalue weighted by molar-refractivity contribution is -0.144. The molecule has 0 aromatic heterocycles. The lowest BCUT2D eigenvalue weighted by Crippen LogP contribution is -2.37. The molecule has 0 aliphatic carbocycles. The Bertz CT molecular complexity index is 240. The number of Topliss-reactive ketones (excluding diaryl/α,β-unsaturated/α-hetero) is 1. The van der Waals surface area contributed by atoms with E-state index >= 15 is 0 Å². The highest BCUT2D eigenvalue weighted by Gasteiger charge is 2.17. The Morgan fingerprint density at radius 2 is 2.31 bits per heavy atom. The van der Waals surface area contributed by atoms with Crippen LogP contribution in [0.1, 0.15) is 39.0 Å². The van der Waals surface area contributed by atoms with E-state index in [1.165, 1.54) is 0 Å². The molecule has 1 saturated heterocycles. The van der Waals surface area contributed by atoms with E-state index in [1.807, 2.05) is 4.90 Å². The van der Waals surface area contributed by atoms with Crippen LogP contribution in [0.2, 0.25) is 0 Å². The molecule has 1 aliphatic heterocycles. The van der Waals surface area contributed by atoms with Crippen LogP contribution in [-0.2, 0) is 14.3 Å². The van der Waals surface area contributed by atoms with Gasteiger partial charge in [0.2, 0.25) is 0 Å². The van der Waals surface area contributed by atoms with Gasteiger partial charge in [-0.05, 0) is 19.4 Å². The smallest absolute Gasteiger partial charge is 0.307 e. The Morgan fingerprint density at radius 1 is 1.50 bits per heavy atom. The highest BCUT2D eigenvalue weighted by Crippen LogP contribution is 2.06. The van der Waals surface area contributed by atoms with Gasteiger partial charge in [0.1, 0.15) is 5.78 Å². The maximum absolute atomic E-state index is 11.3. The first-order valence-electron chi connectivity index (χ1n) is 6.12. The van der Waals surface area contributed by atoms with E-state index in [9.17, 15) is 9.59 Å². The molecule has 0 N–H and O–H groups in total. The summed E-state index contributed by atoms with van der Waals surface area (Å²) in [6.07, 6.45) is 3.97. The molecular formula is C12H21NO3. The van der Waals surface area contributed by atoms with Crippen LogP contribution in [-0.4, -0.2) is 42.9 Å². The van der Waals surface area contributed by atoms with Crippen LogP contribution in [0, 0.1) is 0 Å². The molecule has 0 spiro atoms. The van der Waals surface area contributed by atoms with Gasteiger partial charge in [-0.15, -0.1) is 0 Å². The summed E-state index contributed by atoms with van der Waals surface area (Å²) in [6.45, 7) is 4.66. The van der Waals surface area contributed by atoms with E-state index < -0.39 is 0 Å². The van der Waals surface area contributed by atoms with Crippen LogP contribution in [0.3, 0.4) is 0 Å². The molecule has 0 unspecified atom stereocenters. The SMILES string of the molecule is CCCCOC(=O)CCN1CCCC(=O)C1. The van der Waals surface area contributed by atoms with E-state index in [1.54, 1.807) is 0 Å². The number of hydrogen-bond donors (Lipinski definition) is 0. The third-order valence-electron chi connectivity index (χ3n) is 2.72. The average molecular weight is 227 g/mol. The molecule has 0 saturated carbocycles. The molecule has 0 amide bonds. The molecule has 1 aliphatic rings. The van der Waals surface area contributed by atoms with Gasteiger partial charge in [0, 0.05) is 13.0 Å². The van der Waals surface area contributed by atoms with Crippen LogP contribution in [0.15, 0.2) is 0 Å². The Hall–Kier alpha value is -0.900. The zero-order chi connectivity index (χ0) is 11.8. The highest BCUT2D eigenvalue weighted by molar-refractivity contribution is 5.81. The van der Waals surface area contributed by atoms with E-state index in [0.29, 0.717) is 32.5 Å². The number of carbonyl (C=O) groups is 2. The molecule has 1 fully saturated rings. The van der Waals surface area contributed by atoms with E-state index in [4.69, 9.17) is 4.74 Å². The fourth-order valence-electron chi connectivity index (χ4n) is 1.75. The molecule has 92 valence electrons. The van der Waals surface area contributed by atoms with Crippen LogP contribution in [0.25, 0.3) is 0 Å². The number of rotatable bonds is 6. The Kier molecular flexibility index (Phi) is 6.08. The number of ether oxygens (including phenoxy) is 1. The minimum atomic E-state index is -0.147. The lowest BCUT2D eigenvalue weighted by atomic mass is 10.1. The number of piperidine rings is 1. The van der Waals surface area contributed by atoms with Crippen molar-refractivity contribution in [1.82, 2.24) is 4.90 Å². The summed E-state index contributed by atoms with van der Waals surface area (Å²) in [4.78, 5) is 24.5. The number of carbonyl (C=O) groups excluding carboxylic acids is 2. The number of ketones is 1. The first-order chi connectivity index (χ1) is 7.72. The monoisotopic (exact) mass is 227 g/mol. The fourth-order valence-corrected chi connectivity index (χ4v) is 1.75. The van der Waals surface area contributed by atoms with Crippen molar-refractivity contribution in [3.8, 4) is 0 Å². The molecule has 4 nitrogen and oxygen atoms in total. The summed E-state index contributed by atoms with van der Waals surface area (Å²) in [5.74, 6) is 0.136. The summed E-state index contributed by atoms with van der Waals surface area (Å²) in [6, 6.07) is 0. The molecule has 0 atom stereocenters. The van der Waals surface area contributed by atoms with Gasteiger partial charge in [-0.1, -0.05) is 13.3 Å². The zero-order valence-corrected chi connectivity index (χ0v) is 10.0. The second kappa shape index (κ2) is 7.39. The summed E-state index contributed by atoms with van der Waals surface area (Å²) >= 11 is 0. The van der Waals surface area contributed by atoms with Crippen molar-refractivity contribution < 1.29 is 14.3 Å². The summed E-state index contributed by atoms with van der Waals surface area (Å²) < 4.78 is 5.05. The fraction of sp³-hybridized carbons (Fsp3) is 0.833. The van der Waals surface area contributed by atoms with Crippen molar-refractivity contribution >= 4 is 11.8 Å². The Morgan fingerprint density at radius 3 is 3.00 bits per heavy atom. The van der Waals surface area contributed by atoms with Gasteiger partial charge in [0.05, 0.1) is 19.6 Å². The standard InChI is InChI=1S/C12H21NO3/c1-2-3-9-16-12(15)6-8-13-7-4-5-11(14)10-13/h2-10H2,1H3. The average Bonchev–Trinajstić information content (AvgIpc) is 2.27. The van der Waals surface area contributed by atoms with Crippen LogP contribution >= 0.6 is 0 Å². The van der Waals surface area contributed by atoms with Gasteiger partial charge in [0.15, 0.2) is 0 Å². The predicted molar refractivity (Wildman–Crippen MR) is 61.2 cm³/mol. The van der Waals surface area contributed by atoms with Gasteiger partial charge in [0.25, 0.3) is 0 Å². The van der Waals surface area contributed by atoms with E-state index in [0.717, 1.165) is 25.8 Å². The number of unbranched alkanes of at least 4 members (excludes halogenated alkanes) is 1. The quantitative estimate of drug-likeness (QED) is 0.508. The maximum Gasteiger partial charge on any atom is 0.307 e. The number of esters is 1. The molecule has 4 heteroatoms. The molecule has 0 bridgehead atoms. The minimum Gasteiger partial charge on any atom is -0.466 e. The number of nitrogens with zero attached hydrogens (tertiary/aromatic N) is 1. The molecule has 0 aromatic carbocycles. The second-order valence-corrected chi connectivity index (χ2v) is 4.24. The normalized spacial score (nSPS) is 17.4. The number of hydrogen-bond acceptors (Lipinski definition) is 4. The van der Waals surface area contributed by atoms with Crippen molar-refractivity contribution in [2.24, 2.45) is 0 Å². The summed E-state index contributed by atoms with van der Waals surface area (Å²) in [5.41, 5.74) is 0. The zero-order valence-electron chi connectivity index (χ0n) is 10.0. The third kappa shape index (κ3) is 5.26. The van der Waals surface area contributed by atoms with Crippen LogP contribution < -0.4 is 0 Å². The van der Waals surface area contributed by atoms with Crippen molar-refractivity contribution in [3.63, 3.8) is 0 Å². The largest absolute Gasteiger partial charge is 0.466 e. The first kappa shape index (κ1) is 13.2. The topological polar surface area (TPSA) is 46.6 Å². The third-order valence-corrected chi connectivity index (χ3v) is 2.72. The molecule has 1 rings (SSSR count). The van der Waals surface area contributed by atoms with Gasteiger partial charge in [-0.3, -0.25) is 14.5 Å².